The SMILES string of the molecule is O=C(c1ccccc1Cl)N1CCN(C(=NC2(C(=O)NCCC3CC3)CCC2)c2ccccn2)CC1. The second-order valence-corrected chi connectivity index (χ2v) is 10.2. The molecule has 2 aromatic rings. The van der Waals surface area contributed by atoms with Crippen LogP contribution in [-0.4, -0.2) is 70.7 Å². The van der Waals surface area contributed by atoms with E-state index >= 15 is 0 Å². The lowest BCUT2D eigenvalue weighted by molar-refractivity contribution is -0.129. The zero-order chi connectivity index (χ0) is 24.3. The molecule has 35 heavy (non-hydrogen) atoms. The van der Waals surface area contributed by atoms with Crippen LogP contribution >= 0.6 is 11.6 Å². The summed E-state index contributed by atoms with van der Waals surface area (Å²) in [5.41, 5.74) is 0.564. The third-order valence-corrected chi connectivity index (χ3v) is 7.65. The molecule has 1 aromatic carbocycles. The highest BCUT2D eigenvalue weighted by Crippen LogP contribution is 2.37. The summed E-state index contributed by atoms with van der Waals surface area (Å²) >= 11 is 6.26. The van der Waals surface area contributed by atoms with E-state index in [-0.39, 0.29) is 11.8 Å². The van der Waals surface area contributed by atoms with Gasteiger partial charge in [0.15, 0.2) is 5.84 Å². The molecule has 2 aliphatic carbocycles. The van der Waals surface area contributed by atoms with Gasteiger partial charge in [-0.1, -0.05) is 42.6 Å². The van der Waals surface area contributed by atoms with Gasteiger partial charge in [0.25, 0.3) is 5.91 Å². The molecule has 7 nitrogen and oxygen atoms in total. The van der Waals surface area contributed by atoms with Gasteiger partial charge in [0.05, 0.1) is 10.6 Å². The molecule has 0 spiro atoms. The molecule has 184 valence electrons. The molecule has 0 radical (unpaired) electrons. The number of benzene rings is 1. The van der Waals surface area contributed by atoms with Gasteiger partial charge in [-0.25, -0.2) is 4.99 Å². The highest BCUT2D eigenvalue weighted by molar-refractivity contribution is 6.33. The van der Waals surface area contributed by atoms with Crippen LogP contribution in [0.1, 0.15) is 54.6 Å². The first kappa shape index (κ1) is 23.8. The van der Waals surface area contributed by atoms with Crippen LogP contribution in [0, 0.1) is 5.92 Å². The van der Waals surface area contributed by atoms with E-state index in [0.29, 0.717) is 36.8 Å². The van der Waals surface area contributed by atoms with Gasteiger partial charge in [-0.3, -0.25) is 14.6 Å². The number of nitrogens with one attached hydrogen (secondary N) is 1. The van der Waals surface area contributed by atoms with Crippen molar-refractivity contribution in [2.75, 3.05) is 32.7 Å². The smallest absolute Gasteiger partial charge is 0.255 e. The van der Waals surface area contributed by atoms with Gasteiger partial charge in [0.1, 0.15) is 11.2 Å². The number of carbonyl (C=O) groups is 2. The van der Waals surface area contributed by atoms with Crippen LogP contribution in [0.15, 0.2) is 53.7 Å². The number of rotatable bonds is 7. The van der Waals surface area contributed by atoms with Gasteiger partial charge >= 0.3 is 0 Å². The van der Waals surface area contributed by atoms with E-state index in [1.165, 1.54) is 12.8 Å². The molecule has 0 bridgehead atoms. The van der Waals surface area contributed by atoms with E-state index in [2.05, 4.69) is 15.2 Å². The Morgan fingerprint density at radius 1 is 1.03 bits per heavy atom. The van der Waals surface area contributed by atoms with Gasteiger partial charge < -0.3 is 15.1 Å². The standard InChI is InChI=1S/C27H32ClN5O2/c28-22-7-2-1-6-21(22)25(34)33-18-16-32(17-19-33)24(23-8-3-4-14-29-23)31-27(12-5-13-27)26(35)30-15-11-20-9-10-20/h1-4,6-8,14,20H,5,9-13,15-19H2,(H,30,35). The first-order valence-corrected chi connectivity index (χ1v) is 13.0. The van der Waals surface area contributed by atoms with E-state index < -0.39 is 5.54 Å². The van der Waals surface area contributed by atoms with E-state index in [1.807, 2.05) is 35.2 Å². The number of piperazine rings is 1. The second kappa shape index (κ2) is 10.4. The first-order chi connectivity index (χ1) is 17.1. The summed E-state index contributed by atoms with van der Waals surface area (Å²) in [5.74, 6) is 1.50. The maximum atomic E-state index is 13.2. The van der Waals surface area contributed by atoms with Crippen LogP contribution in [-0.2, 0) is 4.79 Å². The summed E-state index contributed by atoms with van der Waals surface area (Å²) in [7, 11) is 0. The fourth-order valence-corrected chi connectivity index (χ4v) is 4.99. The molecule has 1 saturated heterocycles. The van der Waals surface area contributed by atoms with E-state index in [4.69, 9.17) is 16.6 Å². The molecular weight excluding hydrogens is 462 g/mol. The number of nitrogens with zero attached hydrogens (tertiary/aromatic N) is 4. The average Bonchev–Trinajstić information content (AvgIpc) is 3.69. The van der Waals surface area contributed by atoms with Crippen LogP contribution in [0.2, 0.25) is 5.02 Å². The van der Waals surface area contributed by atoms with Gasteiger partial charge in [0, 0.05) is 38.9 Å². The summed E-state index contributed by atoms with van der Waals surface area (Å²) in [6.07, 6.45) is 7.88. The monoisotopic (exact) mass is 493 g/mol. The van der Waals surface area contributed by atoms with Gasteiger partial charge in [0.2, 0.25) is 5.91 Å². The van der Waals surface area contributed by atoms with Crippen LogP contribution in [0.4, 0.5) is 0 Å². The maximum absolute atomic E-state index is 13.2. The fourth-order valence-electron chi connectivity index (χ4n) is 4.78. The van der Waals surface area contributed by atoms with Gasteiger partial charge in [-0.05, 0) is 55.9 Å². The Hall–Kier alpha value is -2.93. The number of aliphatic imine (C=N–C) groups is 1. The Labute approximate surface area is 211 Å². The summed E-state index contributed by atoms with van der Waals surface area (Å²) < 4.78 is 0. The van der Waals surface area contributed by atoms with E-state index in [1.54, 1.807) is 18.3 Å². The Balaban J connectivity index is 1.32. The average molecular weight is 494 g/mol. The van der Waals surface area contributed by atoms with Crippen molar-refractivity contribution < 1.29 is 9.59 Å². The molecule has 2 heterocycles. The third-order valence-electron chi connectivity index (χ3n) is 7.32. The number of halogens is 1. The highest BCUT2D eigenvalue weighted by atomic mass is 35.5. The number of carbonyl (C=O) groups excluding carboxylic acids is 2. The lowest BCUT2D eigenvalue weighted by atomic mass is 9.76. The normalized spacial score (nSPS) is 19.7. The van der Waals surface area contributed by atoms with Crippen molar-refractivity contribution in [2.45, 2.75) is 44.1 Å². The lowest BCUT2D eigenvalue weighted by Crippen LogP contribution is -2.54. The zero-order valence-corrected chi connectivity index (χ0v) is 20.7. The summed E-state index contributed by atoms with van der Waals surface area (Å²) in [5, 5.41) is 3.62. The van der Waals surface area contributed by atoms with Crippen LogP contribution in [0.25, 0.3) is 0 Å². The van der Waals surface area contributed by atoms with Crippen molar-refractivity contribution >= 4 is 29.3 Å². The van der Waals surface area contributed by atoms with Crippen LogP contribution < -0.4 is 5.32 Å². The van der Waals surface area contributed by atoms with Gasteiger partial charge in [-0.2, -0.15) is 0 Å². The number of pyridine rings is 1. The van der Waals surface area contributed by atoms with Gasteiger partial charge in [-0.15, -0.1) is 0 Å². The third kappa shape index (κ3) is 5.35. The molecule has 8 heteroatoms. The quantitative estimate of drug-likeness (QED) is 0.470. The van der Waals surface area contributed by atoms with Crippen molar-refractivity contribution in [1.29, 1.82) is 0 Å². The van der Waals surface area contributed by atoms with Crippen molar-refractivity contribution in [3.8, 4) is 0 Å². The predicted octanol–water partition coefficient (Wildman–Crippen LogP) is 3.78. The largest absolute Gasteiger partial charge is 0.354 e. The number of hydrogen-bond donors (Lipinski definition) is 1. The first-order valence-electron chi connectivity index (χ1n) is 12.6. The molecule has 1 aromatic heterocycles. The number of amidine groups is 1. The van der Waals surface area contributed by atoms with Crippen molar-refractivity contribution in [3.63, 3.8) is 0 Å². The summed E-state index contributed by atoms with van der Waals surface area (Å²) in [4.78, 5) is 39.9. The van der Waals surface area contributed by atoms with Crippen molar-refractivity contribution in [2.24, 2.45) is 10.9 Å². The molecule has 3 fully saturated rings. The summed E-state index contributed by atoms with van der Waals surface area (Å²) in [6.45, 7) is 3.06. The Bertz CT molecular complexity index is 1090. The molecular formula is C27H32ClN5O2. The molecule has 1 aliphatic heterocycles. The Kier molecular flexibility index (Phi) is 7.04. The summed E-state index contributed by atoms with van der Waals surface area (Å²) in [6, 6.07) is 12.9. The number of amides is 2. The lowest BCUT2D eigenvalue weighted by Gasteiger charge is -2.41. The Morgan fingerprint density at radius 3 is 2.37 bits per heavy atom. The second-order valence-electron chi connectivity index (χ2n) is 9.78. The van der Waals surface area contributed by atoms with E-state index in [9.17, 15) is 9.59 Å². The molecule has 0 atom stereocenters. The fraction of sp³-hybridized carbons (Fsp3) is 0.481. The molecule has 3 aliphatic rings. The Morgan fingerprint density at radius 2 is 1.74 bits per heavy atom. The molecule has 5 rings (SSSR count). The molecule has 0 unspecified atom stereocenters. The number of aromatic nitrogens is 1. The van der Waals surface area contributed by atoms with Crippen LogP contribution in [0.3, 0.4) is 0 Å². The zero-order valence-electron chi connectivity index (χ0n) is 20.0. The molecule has 2 amide bonds. The van der Waals surface area contributed by atoms with E-state index in [0.717, 1.165) is 49.7 Å². The predicted molar refractivity (Wildman–Crippen MR) is 137 cm³/mol. The van der Waals surface area contributed by atoms with Crippen molar-refractivity contribution in [3.05, 3.63) is 64.9 Å². The topological polar surface area (TPSA) is 77.9 Å². The minimum absolute atomic E-state index is 0.0327. The minimum Gasteiger partial charge on any atom is -0.354 e. The highest BCUT2D eigenvalue weighted by Gasteiger charge is 2.45. The van der Waals surface area contributed by atoms with Crippen molar-refractivity contribution in [1.82, 2.24) is 20.1 Å². The maximum Gasteiger partial charge on any atom is 0.255 e. The molecule has 1 N–H and O–H groups in total. The number of hydrogen-bond acceptors (Lipinski definition) is 4. The minimum atomic E-state index is -0.721. The van der Waals surface area contributed by atoms with Crippen LogP contribution in [0.5, 0.6) is 0 Å². The molecule has 2 saturated carbocycles.